The van der Waals surface area contributed by atoms with E-state index in [0.717, 1.165) is 4.88 Å². The van der Waals surface area contributed by atoms with Crippen molar-refractivity contribution in [3.63, 3.8) is 0 Å². The number of thiophene rings is 1. The van der Waals surface area contributed by atoms with E-state index in [0.29, 0.717) is 21.6 Å². The first-order chi connectivity index (χ1) is 8.60. The minimum atomic E-state index is -0.345. The number of hydrogen-bond acceptors (Lipinski definition) is 3. The summed E-state index contributed by atoms with van der Waals surface area (Å²) in [5.74, 6) is -0.345. The lowest BCUT2D eigenvalue weighted by molar-refractivity contribution is 0.627. The van der Waals surface area contributed by atoms with Crippen molar-refractivity contribution >= 4 is 40.2 Å². The number of nitrogens with two attached hydrogens (primary N) is 1. The standard InChI is InChI=1S/C12H11Cl2FN2S/c13-8-2-1-7(15)5-9(8)17-10(6-16)11-3-4-12(14)18-11/h1-5,10,17H,6,16H2. The fourth-order valence-corrected chi connectivity index (χ4v) is 2.85. The molecule has 1 aromatic carbocycles. The fraction of sp³-hybridized carbons (Fsp3) is 0.167. The van der Waals surface area contributed by atoms with Gasteiger partial charge in [0, 0.05) is 11.4 Å². The SMILES string of the molecule is NCC(Nc1cc(F)ccc1Cl)c1ccc(Cl)s1. The highest BCUT2D eigenvalue weighted by Gasteiger charge is 2.13. The third kappa shape index (κ3) is 3.14. The number of benzene rings is 1. The van der Waals surface area contributed by atoms with E-state index in [9.17, 15) is 4.39 Å². The predicted molar refractivity (Wildman–Crippen MR) is 76.2 cm³/mol. The molecule has 3 N–H and O–H groups in total. The monoisotopic (exact) mass is 304 g/mol. The van der Waals surface area contributed by atoms with Gasteiger partial charge in [-0.1, -0.05) is 23.2 Å². The molecule has 0 aliphatic carbocycles. The van der Waals surface area contributed by atoms with E-state index >= 15 is 0 Å². The molecule has 1 aromatic heterocycles. The summed E-state index contributed by atoms with van der Waals surface area (Å²) in [7, 11) is 0. The topological polar surface area (TPSA) is 38.0 Å². The van der Waals surface area contributed by atoms with Crippen LogP contribution in [-0.2, 0) is 0 Å². The molecule has 0 radical (unpaired) electrons. The van der Waals surface area contributed by atoms with Crippen molar-refractivity contribution in [2.24, 2.45) is 5.73 Å². The van der Waals surface area contributed by atoms with Gasteiger partial charge in [0.15, 0.2) is 0 Å². The van der Waals surface area contributed by atoms with Gasteiger partial charge in [-0.2, -0.15) is 0 Å². The molecule has 0 saturated carbocycles. The molecule has 0 spiro atoms. The second-order valence-electron chi connectivity index (χ2n) is 3.70. The minimum absolute atomic E-state index is 0.137. The van der Waals surface area contributed by atoms with Gasteiger partial charge < -0.3 is 11.1 Å². The first-order valence-electron chi connectivity index (χ1n) is 5.27. The van der Waals surface area contributed by atoms with Gasteiger partial charge >= 0.3 is 0 Å². The Morgan fingerprint density at radius 1 is 1.28 bits per heavy atom. The zero-order chi connectivity index (χ0) is 13.1. The number of hydrogen-bond donors (Lipinski definition) is 2. The van der Waals surface area contributed by atoms with Crippen LogP contribution in [0, 0.1) is 5.82 Å². The second kappa shape index (κ2) is 5.89. The van der Waals surface area contributed by atoms with Gasteiger partial charge in [-0.3, -0.25) is 0 Å². The third-order valence-electron chi connectivity index (χ3n) is 2.43. The van der Waals surface area contributed by atoms with Crippen LogP contribution in [0.2, 0.25) is 9.36 Å². The van der Waals surface area contributed by atoms with E-state index in [4.69, 9.17) is 28.9 Å². The zero-order valence-corrected chi connectivity index (χ0v) is 11.6. The van der Waals surface area contributed by atoms with Crippen molar-refractivity contribution in [2.75, 3.05) is 11.9 Å². The van der Waals surface area contributed by atoms with Gasteiger partial charge in [0.2, 0.25) is 0 Å². The van der Waals surface area contributed by atoms with E-state index in [2.05, 4.69) is 5.32 Å². The van der Waals surface area contributed by atoms with Crippen molar-refractivity contribution in [3.8, 4) is 0 Å². The first-order valence-corrected chi connectivity index (χ1v) is 6.84. The second-order valence-corrected chi connectivity index (χ2v) is 5.85. The van der Waals surface area contributed by atoms with Crippen molar-refractivity contribution in [2.45, 2.75) is 6.04 Å². The summed E-state index contributed by atoms with van der Waals surface area (Å²) in [6.07, 6.45) is 0. The zero-order valence-electron chi connectivity index (χ0n) is 9.29. The van der Waals surface area contributed by atoms with E-state index < -0.39 is 0 Å². The molecule has 2 rings (SSSR count). The van der Waals surface area contributed by atoms with Crippen LogP contribution < -0.4 is 11.1 Å². The van der Waals surface area contributed by atoms with Crippen LogP contribution in [-0.4, -0.2) is 6.54 Å². The van der Waals surface area contributed by atoms with Crippen molar-refractivity contribution in [3.05, 3.63) is 50.4 Å². The number of nitrogens with one attached hydrogen (secondary N) is 1. The first kappa shape index (κ1) is 13.6. The lowest BCUT2D eigenvalue weighted by Crippen LogP contribution is -2.19. The molecule has 96 valence electrons. The van der Waals surface area contributed by atoms with Crippen molar-refractivity contribution in [1.29, 1.82) is 0 Å². The summed E-state index contributed by atoms with van der Waals surface area (Å²) in [6.45, 7) is 0.365. The Labute approximate surface area is 119 Å². The molecule has 0 fully saturated rings. The smallest absolute Gasteiger partial charge is 0.125 e. The Hall–Kier alpha value is -0.810. The van der Waals surface area contributed by atoms with Crippen molar-refractivity contribution < 1.29 is 4.39 Å². The number of anilines is 1. The average molecular weight is 305 g/mol. The van der Waals surface area contributed by atoms with E-state index in [1.807, 2.05) is 6.07 Å². The van der Waals surface area contributed by atoms with Gasteiger partial charge in [0.05, 0.1) is 21.1 Å². The quantitative estimate of drug-likeness (QED) is 0.883. The molecule has 2 aromatic rings. The van der Waals surface area contributed by atoms with Crippen LogP contribution >= 0.6 is 34.5 Å². The molecular formula is C12H11Cl2FN2S. The highest BCUT2D eigenvalue weighted by molar-refractivity contribution is 7.16. The van der Waals surface area contributed by atoms with Crippen LogP contribution in [0.4, 0.5) is 10.1 Å². The highest BCUT2D eigenvalue weighted by Crippen LogP contribution is 2.31. The summed E-state index contributed by atoms with van der Waals surface area (Å²) in [6, 6.07) is 7.73. The van der Waals surface area contributed by atoms with Gasteiger partial charge in [0.1, 0.15) is 5.82 Å². The third-order valence-corrected chi connectivity index (χ3v) is 4.11. The van der Waals surface area contributed by atoms with Crippen LogP contribution in [0.15, 0.2) is 30.3 Å². The molecule has 18 heavy (non-hydrogen) atoms. The van der Waals surface area contributed by atoms with Gasteiger partial charge in [-0.15, -0.1) is 11.3 Å². The Kier molecular flexibility index (Phi) is 4.45. The molecule has 0 saturated heterocycles. The molecule has 2 nitrogen and oxygen atoms in total. The Morgan fingerprint density at radius 2 is 2.06 bits per heavy atom. The number of rotatable bonds is 4. The lowest BCUT2D eigenvalue weighted by atomic mass is 10.2. The minimum Gasteiger partial charge on any atom is -0.375 e. The molecule has 0 aliphatic rings. The maximum Gasteiger partial charge on any atom is 0.125 e. The largest absolute Gasteiger partial charge is 0.375 e. The van der Waals surface area contributed by atoms with Crippen LogP contribution in [0.25, 0.3) is 0 Å². The molecule has 6 heteroatoms. The summed E-state index contributed by atoms with van der Waals surface area (Å²) in [4.78, 5) is 0.989. The molecular weight excluding hydrogens is 294 g/mol. The van der Waals surface area contributed by atoms with E-state index in [1.165, 1.54) is 29.5 Å². The summed E-state index contributed by atoms with van der Waals surface area (Å²) in [5, 5.41) is 3.58. The molecule has 0 amide bonds. The Morgan fingerprint density at radius 3 is 2.67 bits per heavy atom. The van der Waals surface area contributed by atoms with E-state index in [1.54, 1.807) is 6.07 Å². The highest BCUT2D eigenvalue weighted by atomic mass is 35.5. The van der Waals surface area contributed by atoms with E-state index in [-0.39, 0.29) is 11.9 Å². The average Bonchev–Trinajstić information content (AvgIpc) is 2.77. The number of halogens is 3. The van der Waals surface area contributed by atoms with Crippen LogP contribution in [0.3, 0.4) is 0 Å². The maximum absolute atomic E-state index is 13.2. The normalized spacial score (nSPS) is 12.4. The van der Waals surface area contributed by atoms with Crippen LogP contribution in [0.5, 0.6) is 0 Å². The fourth-order valence-electron chi connectivity index (χ4n) is 1.56. The Balaban J connectivity index is 2.22. The molecule has 0 bridgehead atoms. The molecule has 1 atom stereocenters. The molecule has 1 unspecified atom stereocenters. The molecule has 0 aliphatic heterocycles. The van der Waals surface area contributed by atoms with Gasteiger partial charge in [-0.25, -0.2) is 4.39 Å². The van der Waals surface area contributed by atoms with Gasteiger partial charge in [-0.05, 0) is 30.3 Å². The maximum atomic E-state index is 13.2. The Bertz CT molecular complexity index is 545. The summed E-state index contributed by atoms with van der Waals surface area (Å²) < 4.78 is 13.9. The summed E-state index contributed by atoms with van der Waals surface area (Å²) in [5.41, 5.74) is 6.24. The van der Waals surface area contributed by atoms with Crippen LogP contribution in [0.1, 0.15) is 10.9 Å². The molecule has 1 heterocycles. The summed E-state index contributed by atoms with van der Waals surface area (Å²) >= 11 is 13.3. The predicted octanol–water partition coefficient (Wildman–Crippen LogP) is 4.31. The lowest BCUT2D eigenvalue weighted by Gasteiger charge is -2.17. The van der Waals surface area contributed by atoms with Gasteiger partial charge in [0.25, 0.3) is 0 Å². The van der Waals surface area contributed by atoms with Crippen molar-refractivity contribution in [1.82, 2.24) is 0 Å².